The number of hydrogen-bond acceptors (Lipinski definition) is 3. The number of hydrogen-bond donors (Lipinski definition) is 0. The van der Waals surface area contributed by atoms with Crippen LogP contribution in [0.2, 0.25) is 0 Å². The van der Waals surface area contributed by atoms with Gasteiger partial charge in [0, 0.05) is 6.54 Å². The van der Waals surface area contributed by atoms with Crippen LogP contribution in [-0.4, -0.2) is 36.5 Å². The second-order valence-electron chi connectivity index (χ2n) is 5.32. The second kappa shape index (κ2) is 7.76. The van der Waals surface area contributed by atoms with E-state index in [0.717, 1.165) is 0 Å². The number of aryl methyl sites for hydroxylation is 1. The van der Waals surface area contributed by atoms with Crippen molar-refractivity contribution >= 4 is 11.9 Å². The van der Waals surface area contributed by atoms with Gasteiger partial charge in [0.25, 0.3) is 5.91 Å². The number of halogens is 1. The largest absolute Gasteiger partial charge is 0.465 e. The minimum absolute atomic E-state index is 0.0139. The summed E-state index contributed by atoms with van der Waals surface area (Å²) in [5.74, 6) is -1.35. The molecule has 5 heteroatoms. The first-order valence-electron chi connectivity index (χ1n) is 7.06. The number of esters is 1. The van der Waals surface area contributed by atoms with Gasteiger partial charge in [-0.25, -0.2) is 4.39 Å². The van der Waals surface area contributed by atoms with Gasteiger partial charge in [-0.1, -0.05) is 26.0 Å². The molecule has 0 unspecified atom stereocenters. The standard InChI is InChI=1S/C16H22FNO3/c1-5-21-14(19)10-18(9-11(2)3)16(20)13-8-6-7-12(4)15(13)17/h6-8,11H,5,9-10H2,1-4H3. The maximum Gasteiger partial charge on any atom is 0.325 e. The third kappa shape index (κ3) is 4.85. The molecule has 0 N–H and O–H groups in total. The number of ether oxygens (including phenoxy) is 1. The monoisotopic (exact) mass is 295 g/mol. The van der Waals surface area contributed by atoms with E-state index in [-0.39, 0.29) is 24.6 Å². The molecule has 0 fully saturated rings. The Hall–Kier alpha value is -1.91. The highest BCUT2D eigenvalue weighted by atomic mass is 19.1. The van der Waals surface area contributed by atoms with Crippen LogP contribution in [0.1, 0.15) is 36.7 Å². The number of amides is 1. The first-order valence-corrected chi connectivity index (χ1v) is 7.06. The first-order chi connectivity index (χ1) is 9.86. The van der Waals surface area contributed by atoms with Gasteiger partial charge in [-0.05, 0) is 31.4 Å². The van der Waals surface area contributed by atoms with Crippen LogP contribution >= 0.6 is 0 Å². The minimum Gasteiger partial charge on any atom is -0.465 e. The van der Waals surface area contributed by atoms with Gasteiger partial charge in [0.15, 0.2) is 0 Å². The SMILES string of the molecule is CCOC(=O)CN(CC(C)C)C(=O)c1cccc(C)c1F. The van der Waals surface area contributed by atoms with E-state index in [1.54, 1.807) is 26.0 Å². The van der Waals surface area contributed by atoms with E-state index in [4.69, 9.17) is 4.74 Å². The van der Waals surface area contributed by atoms with E-state index < -0.39 is 17.7 Å². The summed E-state index contributed by atoms with van der Waals surface area (Å²) < 4.78 is 18.9. The predicted octanol–water partition coefficient (Wildman–Crippen LogP) is 2.80. The second-order valence-corrected chi connectivity index (χ2v) is 5.32. The predicted molar refractivity (Wildman–Crippen MR) is 78.5 cm³/mol. The van der Waals surface area contributed by atoms with Gasteiger partial charge in [0.05, 0.1) is 12.2 Å². The van der Waals surface area contributed by atoms with E-state index in [1.165, 1.54) is 11.0 Å². The third-order valence-electron chi connectivity index (χ3n) is 2.92. The molecule has 0 aliphatic rings. The highest BCUT2D eigenvalue weighted by Gasteiger charge is 2.23. The van der Waals surface area contributed by atoms with Crippen LogP contribution in [0.4, 0.5) is 4.39 Å². The van der Waals surface area contributed by atoms with E-state index in [1.807, 2.05) is 13.8 Å². The lowest BCUT2D eigenvalue weighted by Gasteiger charge is -2.24. The highest BCUT2D eigenvalue weighted by molar-refractivity contribution is 5.96. The Morgan fingerprint density at radius 2 is 2.00 bits per heavy atom. The van der Waals surface area contributed by atoms with Crippen molar-refractivity contribution in [2.24, 2.45) is 5.92 Å². The molecule has 0 aliphatic heterocycles. The average Bonchev–Trinajstić information content (AvgIpc) is 2.40. The fraction of sp³-hybridized carbons (Fsp3) is 0.500. The Morgan fingerprint density at radius 3 is 2.57 bits per heavy atom. The van der Waals surface area contributed by atoms with Crippen LogP contribution in [0, 0.1) is 18.7 Å². The molecule has 0 heterocycles. The van der Waals surface area contributed by atoms with Crippen LogP contribution in [-0.2, 0) is 9.53 Å². The van der Waals surface area contributed by atoms with Gasteiger partial charge in [-0.15, -0.1) is 0 Å². The van der Waals surface area contributed by atoms with Crippen LogP contribution in [0.15, 0.2) is 18.2 Å². The summed E-state index contributed by atoms with van der Waals surface area (Å²) in [6.07, 6.45) is 0. The van der Waals surface area contributed by atoms with Gasteiger partial charge in [0.1, 0.15) is 12.4 Å². The molecule has 1 aromatic rings. The van der Waals surface area contributed by atoms with Crippen LogP contribution in [0.5, 0.6) is 0 Å². The average molecular weight is 295 g/mol. The molecule has 1 amide bonds. The Labute approximate surface area is 124 Å². The summed E-state index contributed by atoms with van der Waals surface area (Å²) in [5, 5.41) is 0. The van der Waals surface area contributed by atoms with E-state index in [9.17, 15) is 14.0 Å². The Kier molecular flexibility index (Phi) is 6.34. The van der Waals surface area contributed by atoms with Crippen molar-refractivity contribution in [1.29, 1.82) is 0 Å². The van der Waals surface area contributed by atoms with Crippen LogP contribution < -0.4 is 0 Å². The van der Waals surface area contributed by atoms with Crippen molar-refractivity contribution < 1.29 is 18.7 Å². The number of carbonyl (C=O) groups is 2. The third-order valence-corrected chi connectivity index (χ3v) is 2.92. The van der Waals surface area contributed by atoms with Gasteiger partial charge in [0.2, 0.25) is 0 Å². The number of benzene rings is 1. The molecule has 0 saturated heterocycles. The van der Waals surface area contributed by atoms with Crippen molar-refractivity contribution in [3.05, 3.63) is 35.1 Å². The maximum atomic E-state index is 14.1. The van der Waals surface area contributed by atoms with E-state index in [0.29, 0.717) is 12.1 Å². The molecule has 0 saturated carbocycles. The Balaban J connectivity index is 2.99. The Morgan fingerprint density at radius 1 is 1.33 bits per heavy atom. The zero-order valence-corrected chi connectivity index (χ0v) is 13.0. The summed E-state index contributed by atoms with van der Waals surface area (Å²) in [6.45, 7) is 7.61. The van der Waals surface area contributed by atoms with Crippen molar-refractivity contribution in [2.45, 2.75) is 27.7 Å². The topological polar surface area (TPSA) is 46.6 Å². The van der Waals surface area contributed by atoms with Gasteiger partial charge < -0.3 is 9.64 Å². The van der Waals surface area contributed by atoms with Gasteiger partial charge in [-0.2, -0.15) is 0 Å². The number of nitrogens with zero attached hydrogens (tertiary/aromatic N) is 1. The van der Waals surface area contributed by atoms with Crippen molar-refractivity contribution in [1.82, 2.24) is 4.90 Å². The molecule has 0 bridgehead atoms. The summed E-state index contributed by atoms with van der Waals surface area (Å²) in [6, 6.07) is 4.66. The van der Waals surface area contributed by atoms with Gasteiger partial charge in [-0.3, -0.25) is 9.59 Å². The summed E-state index contributed by atoms with van der Waals surface area (Å²) >= 11 is 0. The van der Waals surface area contributed by atoms with Crippen molar-refractivity contribution in [3.8, 4) is 0 Å². The lowest BCUT2D eigenvalue weighted by molar-refractivity contribution is -0.143. The molecule has 0 atom stereocenters. The molecule has 21 heavy (non-hydrogen) atoms. The fourth-order valence-electron chi connectivity index (χ4n) is 2.01. The molecule has 0 spiro atoms. The van der Waals surface area contributed by atoms with E-state index >= 15 is 0 Å². The molecule has 116 valence electrons. The maximum absolute atomic E-state index is 14.1. The zero-order chi connectivity index (χ0) is 16.0. The molecular formula is C16H22FNO3. The van der Waals surface area contributed by atoms with Crippen LogP contribution in [0.25, 0.3) is 0 Å². The minimum atomic E-state index is -0.542. The lowest BCUT2D eigenvalue weighted by Crippen LogP contribution is -2.39. The van der Waals surface area contributed by atoms with Gasteiger partial charge >= 0.3 is 5.97 Å². The van der Waals surface area contributed by atoms with Crippen LogP contribution in [0.3, 0.4) is 0 Å². The number of carbonyl (C=O) groups excluding carboxylic acids is 2. The first kappa shape index (κ1) is 17.1. The number of rotatable bonds is 6. The molecular weight excluding hydrogens is 273 g/mol. The fourth-order valence-corrected chi connectivity index (χ4v) is 2.01. The molecule has 1 rings (SSSR count). The Bertz CT molecular complexity index is 514. The smallest absolute Gasteiger partial charge is 0.325 e. The molecule has 0 aromatic heterocycles. The highest BCUT2D eigenvalue weighted by Crippen LogP contribution is 2.15. The summed E-state index contributed by atoms with van der Waals surface area (Å²) in [7, 11) is 0. The summed E-state index contributed by atoms with van der Waals surface area (Å²) in [4.78, 5) is 25.4. The molecule has 1 aromatic carbocycles. The normalized spacial score (nSPS) is 10.6. The molecule has 0 radical (unpaired) electrons. The quantitative estimate of drug-likeness (QED) is 0.758. The lowest BCUT2D eigenvalue weighted by atomic mass is 10.1. The van der Waals surface area contributed by atoms with E-state index in [2.05, 4.69) is 0 Å². The molecule has 0 aliphatic carbocycles. The summed E-state index contributed by atoms with van der Waals surface area (Å²) in [5.41, 5.74) is 0.390. The zero-order valence-electron chi connectivity index (χ0n) is 13.0. The van der Waals surface area contributed by atoms with Crippen molar-refractivity contribution in [2.75, 3.05) is 19.7 Å². The molecule has 4 nitrogen and oxygen atoms in total. The van der Waals surface area contributed by atoms with Crippen molar-refractivity contribution in [3.63, 3.8) is 0 Å².